The van der Waals surface area contributed by atoms with Crippen LogP contribution in [-0.2, 0) is 10.0 Å². The highest BCUT2D eigenvalue weighted by Crippen LogP contribution is 2.36. The molecule has 0 N–H and O–H groups in total. The predicted molar refractivity (Wildman–Crippen MR) is 92.7 cm³/mol. The smallest absolute Gasteiger partial charge is 0.268 e. The Morgan fingerprint density at radius 2 is 1.92 bits per heavy atom. The van der Waals surface area contributed by atoms with Gasteiger partial charge in [-0.3, -0.25) is 9.10 Å². The van der Waals surface area contributed by atoms with Crippen molar-refractivity contribution in [2.75, 3.05) is 18.0 Å². The number of sulfonamides is 1. The van der Waals surface area contributed by atoms with Crippen molar-refractivity contribution >= 4 is 33.1 Å². The molecule has 3 rings (SSSR count). The van der Waals surface area contributed by atoms with Gasteiger partial charge in [0.2, 0.25) is 0 Å². The minimum atomic E-state index is -3.91. The number of methoxy groups -OCH3 is 1. The number of hydrogen-bond acceptors (Lipinski definition) is 4. The Labute approximate surface area is 145 Å². The molecule has 0 saturated carbocycles. The number of carbonyl (C=O) groups is 1. The Bertz CT molecular complexity index is 924. The van der Waals surface area contributed by atoms with Crippen LogP contribution >= 0.6 is 11.6 Å². The van der Waals surface area contributed by atoms with Gasteiger partial charge in [0.25, 0.3) is 10.0 Å². The molecular formula is C17H16ClNO4S. The number of hydrogen-bond donors (Lipinski definition) is 0. The maximum atomic E-state index is 13.1. The van der Waals surface area contributed by atoms with E-state index in [0.29, 0.717) is 16.3 Å². The van der Waals surface area contributed by atoms with Crippen molar-refractivity contribution in [1.29, 1.82) is 0 Å². The molecule has 0 aromatic heterocycles. The maximum absolute atomic E-state index is 13.1. The first-order valence-corrected chi connectivity index (χ1v) is 9.16. The van der Waals surface area contributed by atoms with E-state index < -0.39 is 10.0 Å². The van der Waals surface area contributed by atoms with Crippen molar-refractivity contribution in [3.63, 3.8) is 0 Å². The van der Waals surface area contributed by atoms with Gasteiger partial charge in [-0.15, -0.1) is 0 Å². The van der Waals surface area contributed by atoms with Crippen LogP contribution in [0.1, 0.15) is 22.3 Å². The van der Waals surface area contributed by atoms with Gasteiger partial charge in [-0.05, 0) is 37.3 Å². The van der Waals surface area contributed by atoms with E-state index >= 15 is 0 Å². The number of ketones is 1. The van der Waals surface area contributed by atoms with Crippen LogP contribution in [0.4, 0.5) is 5.69 Å². The van der Waals surface area contributed by atoms with Crippen molar-refractivity contribution in [2.24, 2.45) is 0 Å². The van der Waals surface area contributed by atoms with E-state index in [1.807, 2.05) is 6.92 Å². The molecule has 2 aromatic carbocycles. The second-order valence-electron chi connectivity index (χ2n) is 5.57. The maximum Gasteiger partial charge on any atom is 0.268 e. The molecule has 1 heterocycles. The van der Waals surface area contributed by atoms with Gasteiger partial charge in [0.05, 0.1) is 12.8 Å². The van der Waals surface area contributed by atoms with Crippen LogP contribution in [0.15, 0.2) is 41.3 Å². The van der Waals surface area contributed by atoms with Crippen molar-refractivity contribution < 1.29 is 17.9 Å². The lowest BCUT2D eigenvalue weighted by atomic mass is 10.0. The Hall–Kier alpha value is -2.05. The molecule has 0 fully saturated rings. The molecule has 0 atom stereocenters. The number of anilines is 1. The summed E-state index contributed by atoms with van der Waals surface area (Å²) in [4.78, 5) is 12.1. The monoisotopic (exact) mass is 365 g/mol. The quantitative estimate of drug-likeness (QED) is 0.835. The summed E-state index contributed by atoms with van der Waals surface area (Å²) < 4.78 is 32.7. The van der Waals surface area contributed by atoms with Gasteiger partial charge in [-0.1, -0.05) is 23.2 Å². The number of rotatable bonds is 3. The summed E-state index contributed by atoms with van der Waals surface area (Å²) in [6, 6.07) is 9.61. The molecular weight excluding hydrogens is 350 g/mol. The molecule has 0 bridgehead atoms. The largest absolute Gasteiger partial charge is 0.495 e. The minimum Gasteiger partial charge on any atom is -0.495 e. The third-order valence-electron chi connectivity index (χ3n) is 3.96. The summed E-state index contributed by atoms with van der Waals surface area (Å²) in [5.74, 6) is 0.156. The second-order valence-corrected chi connectivity index (χ2v) is 7.83. The summed E-state index contributed by atoms with van der Waals surface area (Å²) in [5, 5.41) is 0.298. The van der Waals surface area contributed by atoms with Crippen LogP contribution in [0, 0.1) is 6.92 Å². The fourth-order valence-electron chi connectivity index (χ4n) is 2.77. The molecule has 0 amide bonds. The number of fused-ring (bicyclic) bond motifs is 1. The first-order chi connectivity index (χ1) is 11.3. The van der Waals surface area contributed by atoms with Crippen molar-refractivity contribution in [1.82, 2.24) is 0 Å². The van der Waals surface area contributed by atoms with E-state index in [2.05, 4.69) is 0 Å². The number of Topliss-reactive ketones (excluding diaryl/α,β-unsaturated/α-hetero) is 1. The number of carbonyl (C=O) groups excluding carboxylic acids is 1. The average Bonchev–Trinajstić information content (AvgIpc) is 2.55. The summed E-state index contributed by atoms with van der Waals surface area (Å²) >= 11 is 5.97. The Kier molecular flexibility index (Phi) is 4.27. The Balaban J connectivity index is 2.18. The van der Waals surface area contributed by atoms with Gasteiger partial charge in [0.1, 0.15) is 10.6 Å². The molecule has 0 aliphatic carbocycles. The first kappa shape index (κ1) is 16.8. The van der Waals surface area contributed by atoms with Gasteiger partial charge in [0.15, 0.2) is 5.78 Å². The van der Waals surface area contributed by atoms with E-state index in [4.69, 9.17) is 16.3 Å². The molecule has 7 heteroatoms. The first-order valence-electron chi connectivity index (χ1n) is 7.34. The Morgan fingerprint density at radius 1 is 1.17 bits per heavy atom. The van der Waals surface area contributed by atoms with Crippen LogP contribution in [-0.4, -0.2) is 27.9 Å². The summed E-state index contributed by atoms with van der Waals surface area (Å²) in [6.07, 6.45) is 0.137. The topological polar surface area (TPSA) is 63.7 Å². The van der Waals surface area contributed by atoms with Crippen LogP contribution in [0.25, 0.3) is 0 Å². The van der Waals surface area contributed by atoms with Crippen LogP contribution in [0.2, 0.25) is 5.02 Å². The molecule has 0 unspecified atom stereocenters. The van der Waals surface area contributed by atoms with Crippen LogP contribution < -0.4 is 9.04 Å². The van der Waals surface area contributed by atoms with E-state index in [9.17, 15) is 13.2 Å². The third kappa shape index (κ3) is 2.76. The number of aryl methyl sites for hydroxylation is 1. The van der Waals surface area contributed by atoms with E-state index in [-0.39, 0.29) is 29.4 Å². The predicted octanol–water partition coefficient (Wildman–Crippen LogP) is 3.44. The summed E-state index contributed by atoms with van der Waals surface area (Å²) in [6.45, 7) is 1.95. The number of halogens is 1. The second kappa shape index (κ2) is 6.11. The molecule has 2 aromatic rings. The zero-order valence-corrected chi connectivity index (χ0v) is 14.8. The van der Waals surface area contributed by atoms with Gasteiger partial charge in [-0.2, -0.15) is 0 Å². The lowest BCUT2D eigenvalue weighted by Gasteiger charge is -2.30. The average molecular weight is 366 g/mol. The zero-order valence-electron chi connectivity index (χ0n) is 13.2. The SMILES string of the molecule is COc1ccc(Cl)cc1S(=O)(=O)N1CCC(=O)c2cc(C)ccc21. The third-order valence-corrected chi connectivity index (χ3v) is 6.03. The van der Waals surface area contributed by atoms with E-state index in [1.54, 1.807) is 24.3 Å². The number of benzene rings is 2. The zero-order chi connectivity index (χ0) is 17.5. The van der Waals surface area contributed by atoms with E-state index in [1.165, 1.54) is 23.5 Å². The number of nitrogens with zero attached hydrogens (tertiary/aromatic N) is 1. The minimum absolute atomic E-state index is 0.0154. The van der Waals surface area contributed by atoms with Gasteiger partial charge in [-0.25, -0.2) is 8.42 Å². The molecule has 1 aliphatic heterocycles. The number of ether oxygens (including phenoxy) is 1. The standard InChI is InChI=1S/C17H16ClNO4S/c1-11-3-5-14-13(9-11)15(20)7-8-19(14)24(21,22)17-10-12(18)4-6-16(17)23-2/h3-6,9-10H,7-8H2,1-2H3. The molecule has 5 nitrogen and oxygen atoms in total. The summed E-state index contributed by atoms with van der Waals surface area (Å²) in [7, 11) is -2.50. The Morgan fingerprint density at radius 3 is 2.62 bits per heavy atom. The molecule has 24 heavy (non-hydrogen) atoms. The molecule has 126 valence electrons. The lowest BCUT2D eigenvalue weighted by Crippen LogP contribution is -2.37. The highest BCUT2D eigenvalue weighted by atomic mass is 35.5. The fraction of sp³-hybridized carbons (Fsp3) is 0.235. The molecule has 0 spiro atoms. The molecule has 1 aliphatic rings. The summed E-state index contributed by atoms with van der Waals surface area (Å²) in [5.41, 5.74) is 1.71. The van der Waals surface area contributed by atoms with Gasteiger partial charge >= 0.3 is 0 Å². The normalized spacial score (nSPS) is 14.5. The van der Waals surface area contributed by atoms with Crippen molar-refractivity contribution in [2.45, 2.75) is 18.2 Å². The van der Waals surface area contributed by atoms with Crippen molar-refractivity contribution in [3.05, 3.63) is 52.5 Å². The molecule has 0 radical (unpaired) electrons. The van der Waals surface area contributed by atoms with E-state index in [0.717, 1.165) is 5.56 Å². The lowest BCUT2D eigenvalue weighted by molar-refractivity contribution is 0.0982. The highest BCUT2D eigenvalue weighted by Gasteiger charge is 2.34. The van der Waals surface area contributed by atoms with Gasteiger partial charge < -0.3 is 4.74 Å². The molecule has 0 saturated heterocycles. The van der Waals surface area contributed by atoms with Crippen molar-refractivity contribution in [3.8, 4) is 5.75 Å². The fourth-order valence-corrected chi connectivity index (χ4v) is 4.67. The van der Waals surface area contributed by atoms with Crippen LogP contribution in [0.5, 0.6) is 5.75 Å². The van der Waals surface area contributed by atoms with Crippen LogP contribution in [0.3, 0.4) is 0 Å². The highest BCUT2D eigenvalue weighted by molar-refractivity contribution is 7.93. The van der Waals surface area contributed by atoms with Gasteiger partial charge in [0, 0.05) is 23.6 Å².